The van der Waals surface area contributed by atoms with Crippen LogP contribution in [0.4, 0.5) is 5.13 Å². The molecule has 3 aromatic rings. The van der Waals surface area contributed by atoms with E-state index in [1.165, 1.54) is 23.5 Å². The molecule has 0 spiro atoms. The molecule has 26 heavy (non-hydrogen) atoms. The smallest absolute Gasteiger partial charge is 0.264 e. The van der Waals surface area contributed by atoms with Crippen LogP contribution >= 0.6 is 11.3 Å². The first-order valence-electron chi connectivity index (χ1n) is 7.39. The highest BCUT2D eigenvalue weighted by molar-refractivity contribution is 7.90. The Morgan fingerprint density at radius 2 is 2.08 bits per heavy atom. The van der Waals surface area contributed by atoms with E-state index < -0.39 is 15.7 Å². The molecule has 0 radical (unpaired) electrons. The SMILES string of the molecule is CS(=O)(=O)c1ccc2nc(NC(=O)COc3ccccc3C#N)sc2c1. The van der Waals surface area contributed by atoms with Crippen LogP contribution in [0, 0.1) is 11.3 Å². The van der Waals surface area contributed by atoms with Crippen molar-refractivity contribution in [3.8, 4) is 11.8 Å². The average Bonchev–Trinajstić information content (AvgIpc) is 3.00. The summed E-state index contributed by atoms with van der Waals surface area (Å²) in [6, 6.07) is 13.2. The third kappa shape index (κ3) is 3.99. The maximum Gasteiger partial charge on any atom is 0.264 e. The minimum absolute atomic E-state index is 0.197. The van der Waals surface area contributed by atoms with Gasteiger partial charge in [-0.15, -0.1) is 0 Å². The number of carbonyl (C=O) groups excluding carboxylic acids is 1. The highest BCUT2D eigenvalue weighted by Crippen LogP contribution is 2.28. The first kappa shape index (κ1) is 17.8. The summed E-state index contributed by atoms with van der Waals surface area (Å²) in [7, 11) is -3.31. The molecular weight excluding hydrogens is 374 g/mol. The second kappa shape index (κ2) is 7.11. The summed E-state index contributed by atoms with van der Waals surface area (Å²) >= 11 is 1.17. The zero-order valence-corrected chi connectivity index (χ0v) is 15.2. The number of anilines is 1. The predicted octanol–water partition coefficient (Wildman–Crippen LogP) is 2.59. The molecule has 0 aliphatic carbocycles. The lowest BCUT2D eigenvalue weighted by molar-refractivity contribution is -0.118. The zero-order chi connectivity index (χ0) is 18.7. The summed E-state index contributed by atoms with van der Waals surface area (Å²) in [5, 5.41) is 11.9. The van der Waals surface area contributed by atoms with Gasteiger partial charge in [-0.2, -0.15) is 5.26 Å². The van der Waals surface area contributed by atoms with Gasteiger partial charge in [-0.25, -0.2) is 13.4 Å². The minimum Gasteiger partial charge on any atom is -0.482 e. The van der Waals surface area contributed by atoms with E-state index in [1.807, 2.05) is 6.07 Å². The summed E-state index contributed by atoms with van der Waals surface area (Å²) in [4.78, 5) is 16.5. The van der Waals surface area contributed by atoms with Crippen molar-refractivity contribution in [2.45, 2.75) is 4.90 Å². The second-order valence-corrected chi connectivity index (χ2v) is 8.41. The Bertz CT molecular complexity index is 1130. The molecule has 0 saturated heterocycles. The lowest BCUT2D eigenvalue weighted by Crippen LogP contribution is -2.20. The van der Waals surface area contributed by atoms with Gasteiger partial charge in [-0.1, -0.05) is 23.5 Å². The van der Waals surface area contributed by atoms with Gasteiger partial charge in [-0.05, 0) is 30.3 Å². The molecule has 0 aliphatic heterocycles. The van der Waals surface area contributed by atoms with E-state index in [0.29, 0.717) is 26.7 Å². The number of fused-ring (bicyclic) bond motifs is 1. The highest BCUT2D eigenvalue weighted by atomic mass is 32.2. The van der Waals surface area contributed by atoms with Gasteiger partial charge < -0.3 is 4.74 Å². The first-order valence-corrected chi connectivity index (χ1v) is 10.1. The number of para-hydroxylation sites is 1. The largest absolute Gasteiger partial charge is 0.482 e. The van der Waals surface area contributed by atoms with Crippen LogP contribution in [0.1, 0.15) is 5.56 Å². The molecule has 0 saturated carbocycles. The fraction of sp³-hybridized carbons (Fsp3) is 0.118. The molecule has 0 bridgehead atoms. The van der Waals surface area contributed by atoms with Crippen molar-refractivity contribution in [3.63, 3.8) is 0 Å². The third-order valence-corrected chi connectivity index (χ3v) is 5.44. The molecule has 1 aromatic heterocycles. The minimum atomic E-state index is -3.31. The zero-order valence-electron chi connectivity index (χ0n) is 13.6. The Hall–Kier alpha value is -2.96. The van der Waals surface area contributed by atoms with Gasteiger partial charge in [0.1, 0.15) is 11.8 Å². The van der Waals surface area contributed by atoms with Crippen molar-refractivity contribution in [3.05, 3.63) is 48.0 Å². The Balaban J connectivity index is 1.70. The fourth-order valence-corrected chi connectivity index (χ4v) is 3.82. The second-order valence-electron chi connectivity index (χ2n) is 5.37. The summed E-state index contributed by atoms with van der Waals surface area (Å²) in [5.41, 5.74) is 0.932. The monoisotopic (exact) mass is 387 g/mol. The predicted molar refractivity (Wildman–Crippen MR) is 98.0 cm³/mol. The van der Waals surface area contributed by atoms with Gasteiger partial charge in [0.25, 0.3) is 5.91 Å². The summed E-state index contributed by atoms with van der Waals surface area (Å²) < 4.78 is 29.2. The number of amides is 1. The van der Waals surface area contributed by atoms with Crippen molar-refractivity contribution < 1.29 is 17.9 Å². The van der Waals surface area contributed by atoms with E-state index in [2.05, 4.69) is 10.3 Å². The number of nitriles is 1. The molecule has 1 heterocycles. The Morgan fingerprint density at radius 3 is 2.81 bits per heavy atom. The number of hydrogen-bond acceptors (Lipinski definition) is 7. The van der Waals surface area contributed by atoms with Crippen LogP contribution in [0.2, 0.25) is 0 Å². The van der Waals surface area contributed by atoms with Crippen molar-refractivity contribution >= 4 is 42.4 Å². The maximum absolute atomic E-state index is 12.0. The maximum atomic E-state index is 12.0. The van der Waals surface area contributed by atoms with Crippen molar-refractivity contribution in [1.82, 2.24) is 4.98 Å². The number of aromatic nitrogens is 1. The molecular formula is C17H13N3O4S2. The number of thiazole rings is 1. The van der Waals surface area contributed by atoms with Gasteiger partial charge in [0, 0.05) is 6.26 Å². The van der Waals surface area contributed by atoms with Crippen LogP contribution in [-0.2, 0) is 14.6 Å². The van der Waals surface area contributed by atoms with Gasteiger partial charge in [-0.3, -0.25) is 10.1 Å². The van der Waals surface area contributed by atoms with E-state index >= 15 is 0 Å². The molecule has 0 atom stereocenters. The topological polar surface area (TPSA) is 109 Å². The van der Waals surface area contributed by atoms with Crippen LogP contribution < -0.4 is 10.1 Å². The van der Waals surface area contributed by atoms with Crippen molar-refractivity contribution in [1.29, 1.82) is 5.26 Å². The quantitative estimate of drug-likeness (QED) is 0.721. The van der Waals surface area contributed by atoms with Gasteiger partial charge >= 0.3 is 0 Å². The molecule has 1 N–H and O–H groups in total. The Labute approximate surface area is 153 Å². The Kier molecular flexibility index (Phi) is 4.88. The van der Waals surface area contributed by atoms with Crippen LogP contribution in [0.3, 0.4) is 0 Å². The van der Waals surface area contributed by atoms with Gasteiger partial charge in [0.05, 0.1) is 20.7 Å². The van der Waals surface area contributed by atoms with E-state index in [0.717, 1.165) is 6.26 Å². The fourth-order valence-electron chi connectivity index (χ4n) is 2.17. The lowest BCUT2D eigenvalue weighted by Gasteiger charge is -2.06. The van der Waals surface area contributed by atoms with Gasteiger partial charge in [0.2, 0.25) is 0 Å². The molecule has 9 heteroatoms. The van der Waals surface area contributed by atoms with E-state index in [9.17, 15) is 13.2 Å². The molecule has 3 rings (SSSR count). The third-order valence-electron chi connectivity index (χ3n) is 3.40. The molecule has 0 unspecified atom stereocenters. The lowest BCUT2D eigenvalue weighted by atomic mass is 10.2. The molecule has 0 aliphatic rings. The van der Waals surface area contributed by atoms with E-state index in [1.54, 1.807) is 30.3 Å². The number of carbonyl (C=O) groups is 1. The number of nitrogens with one attached hydrogen (secondary N) is 1. The van der Waals surface area contributed by atoms with Crippen molar-refractivity contribution in [2.24, 2.45) is 0 Å². The molecule has 1 amide bonds. The molecule has 132 valence electrons. The molecule has 0 fully saturated rings. The summed E-state index contributed by atoms with van der Waals surface area (Å²) in [6.45, 7) is -0.275. The number of sulfone groups is 1. The Morgan fingerprint density at radius 1 is 1.31 bits per heavy atom. The van der Waals surface area contributed by atoms with Crippen molar-refractivity contribution in [2.75, 3.05) is 18.2 Å². The summed E-state index contributed by atoms with van der Waals surface area (Å²) in [5.74, 6) is -0.104. The van der Waals surface area contributed by atoms with Crippen LogP contribution in [0.25, 0.3) is 10.2 Å². The highest BCUT2D eigenvalue weighted by Gasteiger charge is 2.13. The number of benzene rings is 2. The normalized spacial score (nSPS) is 11.1. The number of rotatable bonds is 5. The summed E-state index contributed by atoms with van der Waals surface area (Å²) in [6.07, 6.45) is 1.13. The van der Waals surface area contributed by atoms with E-state index in [4.69, 9.17) is 10.00 Å². The standard InChI is InChI=1S/C17H13N3O4S2/c1-26(22,23)12-6-7-13-15(8-12)25-17(19-13)20-16(21)10-24-14-5-3-2-4-11(14)9-18/h2-8H,10H2,1H3,(H,19,20,21). The van der Waals surface area contributed by atoms with Crippen LogP contribution in [-0.4, -0.2) is 32.2 Å². The first-order chi connectivity index (χ1) is 12.4. The molecule has 7 nitrogen and oxygen atoms in total. The number of nitrogens with zero attached hydrogens (tertiary/aromatic N) is 2. The average molecular weight is 387 g/mol. The van der Waals surface area contributed by atoms with Gasteiger partial charge in [0.15, 0.2) is 21.6 Å². The van der Waals surface area contributed by atoms with E-state index in [-0.39, 0.29) is 11.5 Å². The number of ether oxygens (including phenoxy) is 1. The van der Waals surface area contributed by atoms with Crippen LogP contribution in [0.5, 0.6) is 5.75 Å². The van der Waals surface area contributed by atoms with Crippen LogP contribution in [0.15, 0.2) is 47.4 Å². The number of hydrogen-bond donors (Lipinski definition) is 1. The molecule has 2 aromatic carbocycles.